The predicted octanol–water partition coefficient (Wildman–Crippen LogP) is 5.16. The van der Waals surface area contributed by atoms with Crippen molar-refractivity contribution in [2.75, 3.05) is 0 Å². The minimum Gasteiger partial charge on any atom is -0.0774 e. The first-order valence-corrected chi connectivity index (χ1v) is 9.67. The zero-order valence-electron chi connectivity index (χ0n) is 15.5. The first-order chi connectivity index (χ1) is 13.3. The highest BCUT2D eigenvalue weighted by atomic mass is 14.2. The molecular formula is C26H21B. The molecule has 0 aliphatic carbocycles. The second-order valence-electron chi connectivity index (χ2n) is 7.39. The molecule has 4 aromatic carbocycles. The molecule has 0 nitrogen and oxygen atoms in total. The Bertz CT molecular complexity index is 1040. The standard InChI is InChI=1S/C26H21B/c1-27-25-16-8-6-14-23(25)21-12-4-2-10-19(21)18-20-11-3-5-13-22(20)24-15-7-9-17-26(24)27/h2-17H,18H2,1H3. The van der Waals surface area contributed by atoms with Crippen LogP contribution in [0, 0.1) is 0 Å². The van der Waals surface area contributed by atoms with Crippen molar-refractivity contribution in [2.45, 2.75) is 13.2 Å². The number of benzene rings is 4. The molecule has 0 atom stereocenters. The summed E-state index contributed by atoms with van der Waals surface area (Å²) < 4.78 is 0. The average molecular weight is 344 g/mol. The third-order valence-electron chi connectivity index (χ3n) is 5.85. The Labute approximate surface area is 161 Å². The van der Waals surface area contributed by atoms with Crippen molar-refractivity contribution in [1.82, 2.24) is 0 Å². The molecule has 0 bridgehead atoms. The topological polar surface area (TPSA) is 0 Å². The van der Waals surface area contributed by atoms with Gasteiger partial charge >= 0.3 is 0 Å². The van der Waals surface area contributed by atoms with Gasteiger partial charge in [-0.3, -0.25) is 0 Å². The highest BCUT2D eigenvalue weighted by Gasteiger charge is 2.23. The maximum Gasteiger partial charge on any atom is 0.207 e. The molecule has 5 rings (SSSR count). The number of rotatable bonds is 0. The van der Waals surface area contributed by atoms with E-state index in [2.05, 4.69) is 104 Å². The minimum atomic E-state index is 0.330. The highest BCUT2D eigenvalue weighted by Crippen LogP contribution is 2.31. The summed E-state index contributed by atoms with van der Waals surface area (Å²) in [6, 6.07) is 35.5. The number of hydrogen-bond acceptors (Lipinski definition) is 0. The van der Waals surface area contributed by atoms with E-state index < -0.39 is 0 Å². The van der Waals surface area contributed by atoms with E-state index in [1.165, 1.54) is 44.3 Å². The van der Waals surface area contributed by atoms with Crippen LogP contribution in [0.5, 0.6) is 0 Å². The fourth-order valence-electron chi connectivity index (χ4n) is 4.49. The molecule has 27 heavy (non-hydrogen) atoms. The van der Waals surface area contributed by atoms with Crippen molar-refractivity contribution in [1.29, 1.82) is 0 Å². The van der Waals surface area contributed by atoms with E-state index >= 15 is 0 Å². The summed E-state index contributed by atoms with van der Waals surface area (Å²) >= 11 is 0. The van der Waals surface area contributed by atoms with E-state index in [0.29, 0.717) is 6.71 Å². The summed E-state index contributed by atoms with van der Waals surface area (Å²) in [6.07, 6.45) is 0.948. The maximum atomic E-state index is 2.34. The molecule has 0 amide bonds. The average Bonchev–Trinajstić information content (AvgIpc) is 2.74. The van der Waals surface area contributed by atoms with Crippen molar-refractivity contribution < 1.29 is 0 Å². The zero-order chi connectivity index (χ0) is 18.2. The zero-order valence-corrected chi connectivity index (χ0v) is 15.5. The summed E-state index contributed by atoms with van der Waals surface area (Å²) in [7, 11) is 0. The largest absolute Gasteiger partial charge is 0.207 e. The monoisotopic (exact) mass is 344 g/mol. The van der Waals surface area contributed by atoms with Crippen molar-refractivity contribution in [3.63, 3.8) is 0 Å². The summed E-state index contributed by atoms with van der Waals surface area (Å²) in [5.41, 5.74) is 11.0. The first-order valence-electron chi connectivity index (χ1n) is 9.67. The molecule has 1 heterocycles. The number of hydrogen-bond donors (Lipinski definition) is 0. The van der Waals surface area contributed by atoms with E-state index in [0.717, 1.165) is 6.42 Å². The lowest BCUT2D eigenvalue weighted by molar-refractivity contribution is 1.20. The van der Waals surface area contributed by atoms with Gasteiger partial charge in [-0.1, -0.05) is 115 Å². The van der Waals surface area contributed by atoms with Gasteiger partial charge in [0, 0.05) is 0 Å². The molecule has 0 radical (unpaired) electrons. The molecule has 1 heteroatoms. The predicted molar refractivity (Wildman–Crippen MR) is 117 cm³/mol. The van der Waals surface area contributed by atoms with Crippen LogP contribution in [0.4, 0.5) is 0 Å². The molecule has 0 spiro atoms. The molecule has 4 aromatic rings. The van der Waals surface area contributed by atoms with E-state index in [1.807, 2.05) is 0 Å². The third kappa shape index (κ3) is 2.71. The van der Waals surface area contributed by atoms with Crippen LogP contribution in [0.1, 0.15) is 11.1 Å². The van der Waals surface area contributed by atoms with E-state index in [1.54, 1.807) is 0 Å². The normalized spacial score (nSPS) is 12.4. The Hall–Kier alpha value is -3.06. The molecule has 0 unspecified atom stereocenters. The van der Waals surface area contributed by atoms with Gasteiger partial charge in [-0.05, 0) is 39.8 Å². The van der Waals surface area contributed by atoms with E-state index in [-0.39, 0.29) is 0 Å². The van der Waals surface area contributed by atoms with Crippen molar-refractivity contribution in [2.24, 2.45) is 0 Å². The molecule has 0 saturated heterocycles. The van der Waals surface area contributed by atoms with Gasteiger partial charge in [0.25, 0.3) is 0 Å². The second-order valence-corrected chi connectivity index (χ2v) is 7.39. The summed E-state index contributed by atoms with van der Waals surface area (Å²) in [4.78, 5) is 0. The lowest BCUT2D eigenvalue weighted by Crippen LogP contribution is -2.41. The van der Waals surface area contributed by atoms with Crippen LogP contribution in [-0.2, 0) is 6.42 Å². The van der Waals surface area contributed by atoms with Crippen molar-refractivity contribution in [3.05, 3.63) is 108 Å². The Morgan fingerprint density at radius 1 is 0.481 bits per heavy atom. The van der Waals surface area contributed by atoms with E-state index in [4.69, 9.17) is 0 Å². The van der Waals surface area contributed by atoms with Crippen molar-refractivity contribution >= 4 is 17.6 Å². The Morgan fingerprint density at radius 2 is 0.852 bits per heavy atom. The van der Waals surface area contributed by atoms with Gasteiger partial charge < -0.3 is 0 Å². The Morgan fingerprint density at radius 3 is 1.33 bits per heavy atom. The summed E-state index contributed by atoms with van der Waals surface area (Å²) in [5, 5.41) is 0. The van der Waals surface area contributed by atoms with Gasteiger partial charge in [0.2, 0.25) is 6.71 Å². The van der Waals surface area contributed by atoms with Gasteiger partial charge in [-0.25, -0.2) is 0 Å². The fourth-order valence-corrected chi connectivity index (χ4v) is 4.49. The first kappa shape index (κ1) is 16.1. The lowest BCUT2D eigenvalue weighted by atomic mass is 9.40. The molecule has 1 aliphatic rings. The van der Waals surface area contributed by atoms with Crippen LogP contribution >= 0.6 is 0 Å². The molecule has 0 aromatic heterocycles. The molecule has 1 aliphatic heterocycles. The van der Waals surface area contributed by atoms with Crippen LogP contribution in [0.3, 0.4) is 0 Å². The summed E-state index contributed by atoms with van der Waals surface area (Å²) in [5.74, 6) is 0. The molecular weight excluding hydrogens is 323 g/mol. The highest BCUT2D eigenvalue weighted by molar-refractivity contribution is 6.86. The van der Waals surface area contributed by atoms with Crippen LogP contribution in [0.2, 0.25) is 6.82 Å². The fraction of sp³-hybridized carbons (Fsp3) is 0.0769. The third-order valence-corrected chi connectivity index (χ3v) is 5.85. The maximum absolute atomic E-state index is 2.34. The summed E-state index contributed by atoms with van der Waals surface area (Å²) in [6.45, 7) is 2.67. The molecule has 128 valence electrons. The van der Waals surface area contributed by atoms with Gasteiger partial charge in [-0.15, -0.1) is 0 Å². The minimum absolute atomic E-state index is 0.330. The molecule has 0 saturated carbocycles. The van der Waals surface area contributed by atoms with Crippen LogP contribution in [-0.4, -0.2) is 6.71 Å². The Balaban J connectivity index is 1.88. The van der Waals surface area contributed by atoms with Gasteiger partial charge in [0.05, 0.1) is 0 Å². The van der Waals surface area contributed by atoms with Crippen LogP contribution < -0.4 is 10.9 Å². The van der Waals surface area contributed by atoms with Gasteiger partial charge in [0.15, 0.2) is 0 Å². The second kappa shape index (κ2) is 6.59. The Kier molecular flexibility index (Phi) is 3.94. The van der Waals surface area contributed by atoms with Gasteiger partial charge in [0.1, 0.15) is 0 Å². The van der Waals surface area contributed by atoms with Crippen LogP contribution in [0.15, 0.2) is 97.1 Å². The molecule has 0 N–H and O–H groups in total. The smallest absolute Gasteiger partial charge is 0.0774 e. The van der Waals surface area contributed by atoms with Gasteiger partial charge in [-0.2, -0.15) is 0 Å². The lowest BCUT2D eigenvalue weighted by Gasteiger charge is -2.23. The SMILES string of the molecule is CB1c2ccccc2-c2ccccc2Cc2ccccc2-c2ccccc21. The quantitative estimate of drug-likeness (QED) is 0.386. The van der Waals surface area contributed by atoms with Crippen molar-refractivity contribution in [3.8, 4) is 22.3 Å². The van der Waals surface area contributed by atoms with E-state index in [9.17, 15) is 0 Å². The molecule has 0 fully saturated rings. The van der Waals surface area contributed by atoms with Crippen LogP contribution in [0.25, 0.3) is 22.3 Å². The number of fused-ring (bicyclic) bond motifs is 6.